The zero-order chi connectivity index (χ0) is 8.10. The van der Waals surface area contributed by atoms with Gasteiger partial charge in [-0.1, -0.05) is 12.2 Å². The van der Waals surface area contributed by atoms with E-state index in [0.29, 0.717) is 0 Å². The lowest BCUT2D eigenvalue weighted by atomic mass is 10.1. The summed E-state index contributed by atoms with van der Waals surface area (Å²) in [5.41, 5.74) is 0. The third-order valence-corrected chi connectivity index (χ3v) is 1.81. The Bertz CT molecular complexity index is 151. The summed E-state index contributed by atoms with van der Waals surface area (Å²) in [4.78, 5) is 10.6. The molecule has 0 N–H and O–H groups in total. The van der Waals surface area contributed by atoms with Crippen molar-refractivity contribution in [2.45, 2.75) is 38.7 Å². The first-order valence-electron chi connectivity index (χ1n) is 4.11. The molecule has 2 nitrogen and oxygen atoms in total. The van der Waals surface area contributed by atoms with Gasteiger partial charge in [0.25, 0.3) is 0 Å². The van der Waals surface area contributed by atoms with Crippen molar-refractivity contribution in [1.29, 1.82) is 0 Å². The van der Waals surface area contributed by atoms with E-state index in [1.54, 1.807) is 0 Å². The van der Waals surface area contributed by atoms with Gasteiger partial charge in [0.2, 0.25) is 0 Å². The van der Waals surface area contributed by atoms with Crippen molar-refractivity contribution in [3.05, 3.63) is 12.2 Å². The van der Waals surface area contributed by atoms with Crippen molar-refractivity contribution in [2.24, 2.45) is 0 Å². The average molecular weight is 154 g/mol. The fraction of sp³-hybridized carbons (Fsp3) is 0.667. The standard InChI is InChI=1S/C9H14O2/c1-8(10)11-9-6-4-2-3-5-7-9/h2-3,9H,4-7H2,1H3. The number of rotatable bonds is 1. The van der Waals surface area contributed by atoms with Gasteiger partial charge in [0.05, 0.1) is 0 Å². The Kier molecular flexibility index (Phi) is 3.14. The van der Waals surface area contributed by atoms with Crippen molar-refractivity contribution < 1.29 is 9.53 Å². The highest BCUT2D eigenvalue weighted by Crippen LogP contribution is 2.14. The fourth-order valence-electron chi connectivity index (χ4n) is 1.30. The van der Waals surface area contributed by atoms with Gasteiger partial charge in [-0.3, -0.25) is 4.79 Å². The Balaban J connectivity index is 2.29. The summed E-state index contributed by atoms with van der Waals surface area (Å²) >= 11 is 0. The van der Waals surface area contributed by atoms with Crippen molar-refractivity contribution in [2.75, 3.05) is 0 Å². The normalized spacial score (nSPS) is 19.4. The van der Waals surface area contributed by atoms with E-state index in [4.69, 9.17) is 4.74 Å². The molecule has 0 aliphatic heterocycles. The Morgan fingerprint density at radius 3 is 2.36 bits per heavy atom. The van der Waals surface area contributed by atoms with E-state index in [1.807, 2.05) is 0 Å². The fourth-order valence-corrected chi connectivity index (χ4v) is 1.30. The number of hydrogen-bond acceptors (Lipinski definition) is 2. The maximum atomic E-state index is 10.6. The quantitative estimate of drug-likeness (QED) is 0.427. The van der Waals surface area contributed by atoms with Crippen molar-refractivity contribution >= 4 is 5.97 Å². The second-order valence-corrected chi connectivity index (χ2v) is 2.86. The number of ether oxygens (including phenoxy) is 1. The van der Waals surface area contributed by atoms with Crippen LogP contribution >= 0.6 is 0 Å². The summed E-state index contributed by atoms with van der Waals surface area (Å²) in [5, 5.41) is 0. The average Bonchev–Trinajstić information content (AvgIpc) is 2.14. The zero-order valence-electron chi connectivity index (χ0n) is 6.88. The highest BCUT2D eigenvalue weighted by Gasteiger charge is 2.11. The van der Waals surface area contributed by atoms with Crippen molar-refractivity contribution in [3.63, 3.8) is 0 Å². The van der Waals surface area contributed by atoms with Crippen LogP contribution in [0, 0.1) is 0 Å². The predicted molar refractivity (Wildman–Crippen MR) is 43.2 cm³/mol. The second kappa shape index (κ2) is 4.16. The topological polar surface area (TPSA) is 26.3 Å². The van der Waals surface area contributed by atoms with Crippen LogP contribution in [-0.4, -0.2) is 12.1 Å². The largest absolute Gasteiger partial charge is 0.463 e. The highest BCUT2D eigenvalue weighted by atomic mass is 16.5. The molecule has 2 heteroatoms. The Hall–Kier alpha value is -0.790. The minimum atomic E-state index is -0.156. The summed E-state index contributed by atoms with van der Waals surface area (Å²) < 4.78 is 5.09. The lowest BCUT2D eigenvalue weighted by molar-refractivity contribution is -0.146. The van der Waals surface area contributed by atoms with Crippen LogP contribution in [0.1, 0.15) is 32.6 Å². The summed E-state index contributed by atoms with van der Waals surface area (Å²) in [5.74, 6) is -0.156. The molecular formula is C9H14O2. The summed E-state index contributed by atoms with van der Waals surface area (Å²) in [6.45, 7) is 1.47. The molecule has 11 heavy (non-hydrogen) atoms. The van der Waals surface area contributed by atoms with E-state index in [1.165, 1.54) is 6.92 Å². The van der Waals surface area contributed by atoms with Gasteiger partial charge in [-0.15, -0.1) is 0 Å². The van der Waals surface area contributed by atoms with Gasteiger partial charge in [0.15, 0.2) is 0 Å². The molecule has 0 saturated heterocycles. The molecule has 0 aromatic carbocycles. The number of hydrogen-bond donors (Lipinski definition) is 0. The first-order valence-corrected chi connectivity index (χ1v) is 4.11. The first kappa shape index (κ1) is 8.31. The van der Waals surface area contributed by atoms with E-state index < -0.39 is 0 Å². The lowest BCUT2D eigenvalue weighted by Gasteiger charge is -2.13. The monoisotopic (exact) mass is 154 g/mol. The summed E-state index contributed by atoms with van der Waals surface area (Å²) in [6, 6.07) is 0. The third kappa shape index (κ3) is 3.21. The van der Waals surface area contributed by atoms with Crippen LogP contribution in [0.2, 0.25) is 0 Å². The van der Waals surface area contributed by atoms with Crippen LogP contribution in [-0.2, 0) is 9.53 Å². The van der Waals surface area contributed by atoms with Gasteiger partial charge in [-0.25, -0.2) is 0 Å². The molecule has 1 aliphatic rings. The summed E-state index contributed by atoms with van der Waals surface area (Å²) in [7, 11) is 0. The first-order chi connectivity index (χ1) is 5.29. The second-order valence-electron chi connectivity index (χ2n) is 2.86. The molecule has 0 unspecified atom stereocenters. The van der Waals surface area contributed by atoms with Gasteiger partial charge in [-0.2, -0.15) is 0 Å². The number of esters is 1. The summed E-state index contributed by atoms with van der Waals surface area (Å²) in [6.07, 6.45) is 8.51. The van der Waals surface area contributed by atoms with Gasteiger partial charge in [0.1, 0.15) is 6.10 Å². The smallest absolute Gasteiger partial charge is 0.302 e. The van der Waals surface area contributed by atoms with Crippen LogP contribution in [0.15, 0.2) is 12.2 Å². The van der Waals surface area contributed by atoms with E-state index in [9.17, 15) is 4.79 Å². The SMILES string of the molecule is CC(=O)OC1CCC=CCC1. The van der Waals surface area contributed by atoms with Crippen LogP contribution < -0.4 is 0 Å². The van der Waals surface area contributed by atoms with Crippen LogP contribution in [0.3, 0.4) is 0 Å². The van der Waals surface area contributed by atoms with Gasteiger partial charge >= 0.3 is 5.97 Å². The molecule has 0 amide bonds. The molecule has 0 spiro atoms. The molecule has 62 valence electrons. The van der Waals surface area contributed by atoms with Crippen LogP contribution in [0.4, 0.5) is 0 Å². The molecule has 0 heterocycles. The minimum absolute atomic E-state index is 0.155. The van der Waals surface area contributed by atoms with E-state index in [2.05, 4.69) is 12.2 Å². The Morgan fingerprint density at radius 1 is 1.36 bits per heavy atom. The van der Waals surface area contributed by atoms with Gasteiger partial charge in [-0.05, 0) is 25.7 Å². The van der Waals surface area contributed by atoms with Gasteiger partial charge < -0.3 is 4.74 Å². The van der Waals surface area contributed by atoms with Gasteiger partial charge in [0, 0.05) is 6.92 Å². The van der Waals surface area contributed by atoms with E-state index in [-0.39, 0.29) is 12.1 Å². The molecule has 0 bridgehead atoms. The molecule has 0 fully saturated rings. The van der Waals surface area contributed by atoms with E-state index in [0.717, 1.165) is 25.7 Å². The number of carbonyl (C=O) groups is 1. The molecule has 1 rings (SSSR count). The predicted octanol–water partition coefficient (Wildman–Crippen LogP) is 2.05. The zero-order valence-corrected chi connectivity index (χ0v) is 6.88. The number of allylic oxidation sites excluding steroid dienone is 2. The highest BCUT2D eigenvalue weighted by molar-refractivity contribution is 5.66. The van der Waals surface area contributed by atoms with Crippen LogP contribution in [0.5, 0.6) is 0 Å². The molecule has 0 atom stereocenters. The van der Waals surface area contributed by atoms with E-state index >= 15 is 0 Å². The lowest BCUT2D eigenvalue weighted by Crippen LogP contribution is -2.14. The van der Waals surface area contributed by atoms with Crippen LogP contribution in [0.25, 0.3) is 0 Å². The molecule has 0 radical (unpaired) electrons. The molecular weight excluding hydrogens is 140 g/mol. The third-order valence-electron chi connectivity index (χ3n) is 1.81. The molecule has 0 aromatic rings. The maximum Gasteiger partial charge on any atom is 0.302 e. The van der Waals surface area contributed by atoms with Crippen molar-refractivity contribution in [1.82, 2.24) is 0 Å². The number of carbonyl (C=O) groups excluding carboxylic acids is 1. The molecule has 1 aliphatic carbocycles. The minimum Gasteiger partial charge on any atom is -0.463 e. The molecule has 0 saturated carbocycles. The van der Waals surface area contributed by atoms with Crippen molar-refractivity contribution in [3.8, 4) is 0 Å². The molecule has 0 aromatic heterocycles. The maximum absolute atomic E-state index is 10.6. The Morgan fingerprint density at radius 2 is 1.91 bits per heavy atom. The Labute approximate surface area is 67.2 Å².